The summed E-state index contributed by atoms with van der Waals surface area (Å²) in [4.78, 5) is 3.72. The number of hydrogen-bond donors (Lipinski definition) is 1. The average Bonchev–Trinajstić information content (AvgIpc) is 3.01. The van der Waals surface area contributed by atoms with E-state index in [4.69, 9.17) is 4.74 Å². The van der Waals surface area contributed by atoms with Gasteiger partial charge in [-0.3, -0.25) is 0 Å². The van der Waals surface area contributed by atoms with Crippen LogP contribution in [0, 0.1) is 5.92 Å². The Labute approximate surface area is 114 Å². The number of nitrogens with zero attached hydrogens (tertiary/aromatic N) is 1. The van der Waals surface area contributed by atoms with Crippen molar-refractivity contribution in [2.75, 3.05) is 33.9 Å². The van der Waals surface area contributed by atoms with Crippen LogP contribution in [-0.2, 0) is 4.74 Å². The Morgan fingerprint density at radius 1 is 1.56 bits per heavy atom. The highest BCUT2D eigenvalue weighted by Crippen LogP contribution is 2.23. The maximum atomic E-state index is 5.46. The maximum absolute atomic E-state index is 5.46. The molecule has 1 fully saturated rings. The van der Waals surface area contributed by atoms with E-state index >= 15 is 0 Å². The third-order valence-electron chi connectivity index (χ3n) is 3.80. The first-order valence-corrected chi connectivity index (χ1v) is 7.57. The van der Waals surface area contributed by atoms with E-state index in [-0.39, 0.29) is 0 Å². The third kappa shape index (κ3) is 3.54. The van der Waals surface area contributed by atoms with Crippen molar-refractivity contribution in [2.24, 2.45) is 5.92 Å². The van der Waals surface area contributed by atoms with Gasteiger partial charge in [-0.2, -0.15) is 0 Å². The predicted molar refractivity (Wildman–Crippen MR) is 77.1 cm³/mol. The summed E-state index contributed by atoms with van der Waals surface area (Å²) >= 11 is 1.84. The van der Waals surface area contributed by atoms with Crippen molar-refractivity contribution < 1.29 is 4.74 Å². The SMILES string of the molecule is CC(NCC(c1cccs1)N(C)C)C1CCOC1. The molecular formula is C14H24N2OS. The van der Waals surface area contributed by atoms with Crippen LogP contribution in [0.2, 0.25) is 0 Å². The average molecular weight is 268 g/mol. The second-order valence-corrected chi connectivity index (χ2v) is 6.29. The first-order chi connectivity index (χ1) is 8.68. The second kappa shape index (κ2) is 6.66. The fraction of sp³-hybridized carbons (Fsp3) is 0.714. The van der Waals surface area contributed by atoms with Gasteiger partial charge in [0.15, 0.2) is 0 Å². The van der Waals surface area contributed by atoms with E-state index in [9.17, 15) is 0 Å². The summed E-state index contributed by atoms with van der Waals surface area (Å²) in [5.41, 5.74) is 0. The fourth-order valence-corrected chi connectivity index (χ4v) is 3.35. The van der Waals surface area contributed by atoms with E-state index in [1.807, 2.05) is 11.3 Å². The van der Waals surface area contributed by atoms with Gasteiger partial charge in [-0.1, -0.05) is 6.07 Å². The molecule has 0 bridgehead atoms. The molecule has 0 aromatic carbocycles. The van der Waals surface area contributed by atoms with Crippen molar-refractivity contribution in [1.82, 2.24) is 10.2 Å². The Hall–Kier alpha value is -0.420. The summed E-state index contributed by atoms with van der Waals surface area (Å²) < 4.78 is 5.46. The molecule has 1 N–H and O–H groups in total. The molecule has 2 rings (SSSR count). The molecule has 3 nitrogen and oxygen atoms in total. The van der Waals surface area contributed by atoms with E-state index in [1.165, 1.54) is 11.3 Å². The molecule has 3 unspecified atom stereocenters. The highest BCUT2D eigenvalue weighted by atomic mass is 32.1. The normalized spacial score (nSPS) is 23.4. The monoisotopic (exact) mass is 268 g/mol. The fourth-order valence-electron chi connectivity index (χ4n) is 2.43. The van der Waals surface area contributed by atoms with Crippen molar-refractivity contribution in [3.63, 3.8) is 0 Å². The highest BCUT2D eigenvalue weighted by molar-refractivity contribution is 7.10. The summed E-state index contributed by atoms with van der Waals surface area (Å²) in [6, 6.07) is 5.36. The minimum atomic E-state index is 0.467. The molecule has 0 spiro atoms. The van der Waals surface area contributed by atoms with Crippen LogP contribution < -0.4 is 5.32 Å². The first-order valence-electron chi connectivity index (χ1n) is 6.69. The van der Waals surface area contributed by atoms with Gasteiger partial charge in [0, 0.05) is 24.1 Å². The lowest BCUT2D eigenvalue weighted by atomic mass is 10.0. The van der Waals surface area contributed by atoms with Crippen LogP contribution in [-0.4, -0.2) is 44.8 Å². The molecule has 3 atom stereocenters. The van der Waals surface area contributed by atoms with E-state index in [0.717, 1.165) is 19.8 Å². The predicted octanol–water partition coefficient (Wildman–Crippen LogP) is 2.37. The standard InChI is InChI=1S/C14H24N2OS/c1-11(12-6-7-17-10-12)15-9-13(16(2)3)14-5-4-8-18-14/h4-5,8,11-13,15H,6-7,9-10H2,1-3H3. The number of nitrogens with one attached hydrogen (secondary N) is 1. The molecule has 0 radical (unpaired) electrons. The van der Waals surface area contributed by atoms with Gasteiger partial charge in [-0.05, 0) is 44.8 Å². The zero-order chi connectivity index (χ0) is 13.0. The quantitative estimate of drug-likeness (QED) is 0.857. The Kier molecular flexibility index (Phi) is 5.18. The molecule has 0 saturated carbocycles. The van der Waals surface area contributed by atoms with Gasteiger partial charge in [-0.25, -0.2) is 0 Å². The number of likely N-dealkylation sites (N-methyl/N-ethyl adjacent to an activating group) is 1. The van der Waals surface area contributed by atoms with Crippen LogP contribution in [0.5, 0.6) is 0 Å². The molecule has 1 aromatic rings. The Morgan fingerprint density at radius 3 is 2.94 bits per heavy atom. The van der Waals surface area contributed by atoms with Crippen LogP contribution in [0.25, 0.3) is 0 Å². The molecule has 2 heterocycles. The van der Waals surface area contributed by atoms with Gasteiger partial charge in [0.2, 0.25) is 0 Å². The molecular weight excluding hydrogens is 244 g/mol. The lowest BCUT2D eigenvalue weighted by Gasteiger charge is -2.27. The largest absolute Gasteiger partial charge is 0.381 e. The minimum absolute atomic E-state index is 0.467. The van der Waals surface area contributed by atoms with Gasteiger partial charge in [0.1, 0.15) is 0 Å². The highest BCUT2D eigenvalue weighted by Gasteiger charge is 2.23. The van der Waals surface area contributed by atoms with Gasteiger partial charge in [0.05, 0.1) is 12.6 Å². The van der Waals surface area contributed by atoms with E-state index in [0.29, 0.717) is 18.0 Å². The molecule has 4 heteroatoms. The summed E-state index contributed by atoms with van der Waals surface area (Å²) in [6.45, 7) is 5.13. The summed E-state index contributed by atoms with van der Waals surface area (Å²) in [5, 5.41) is 5.83. The molecule has 0 aliphatic carbocycles. The van der Waals surface area contributed by atoms with Crippen LogP contribution in [0.4, 0.5) is 0 Å². The molecule has 1 aliphatic rings. The summed E-state index contributed by atoms with van der Waals surface area (Å²) in [6.07, 6.45) is 1.19. The van der Waals surface area contributed by atoms with Crippen LogP contribution in [0.1, 0.15) is 24.3 Å². The smallest absolute Gasteiger partial charge is 0.0561 e. The number of thiophene rings is 1. The van der Waals surface area contributed by atoms with Gasteiger partial charge in [0.25, 0.3) is 0 Å². The van der Waals surface area contributed by atoms with Crippen LogP contribution in [0.15, 0.2) is 17.5 Å². The van der Waals surface area contributed by atoms with Crippen LogP contribution in [0.3, 0.4) is 0 Å². The van der Waals surface area contributed by atoms with Crippen molar-refractivity contribution in [3.05, 3.63) is 22.4 Å². The summed E-state index contributed by atoms with van der Waals surface area (Å²) in [7, 11) is 4.30. The lowest BCUT2D eigenvalue weighted by molar-refractivity contribution is 0.176. The summed E-state index contributed by atoms with van der Waals surface area (Å²) in [5.74, 6) is 0.677. The van der Waals surface area contributed by atoms with E-state index in [1.54, 1.807) is 0 Å². The zero-order valence-electron chi connectivity index (χ0n) is 11.6. The van der Waals surface area contributed by atoms with Gasteiger partial charge < -0.3 is 15.0 Å². The van der Waals surface area contributed by atoms with Crippen molar-refractivity contribution in [1.29, 1.82) is 0 Å². The van der Waals surface area contributed by atoms with E-state index in [2.05, 4.69) is 48.7 Å². The molecule has 18 heavy (non-hydrogen) atoms. The molecule has 0 amide bonds. The third-order valence-corrected chi connectivity index (χ3v) is 4.77. The molecule has 1 aliphatic heterocycles. The second-order valence-electron chi connectivity index (χ2n) is 5.32. The maximum Gasteiger partial charge on any atom is 0.0561 e. The zero-order valence-corrected chi connectivity index (χ0v) is 12.4. The number of hydrogen-bond acceptors (Lipinski definition) is 4. The topological polar surface area (TPSA) is 24.5 Å². The minimum Gasteiger partial charge on any atom is -0.381 e. The van der Waals surface area contributed by atoms with Gasteiger partial charge >= 0.3 is 0 Å². The van der Waals surface area contributed by atoms with Gasteiger partial charge in [-0.15, -0.1) is 11.3 Å². The molecule has 1 saturated heterocycles. The Balaban J connectivity index is 1.86. The van der Waals surface area contributed by atoms with Crippen molar-refractivity contribution >= 4 is 11.3 Å². The number of ether oxygens (including phenoxy) is 1. The van der Waals surface area contributed by atoms with Crippen LogP contribution >= 0.6 is 11.3 Å². The lowest BCUT2D eigenvalue weighted by Crippen LogP contribution is -2.39. The molecule has 102 valence electrons. The Bertz CT molecular complexity index is 334. The first kappa shape index (κ1) is 14.0. The number of rotatable bonds is 6. The van der Waals surface area contributed by atoms with Crippen molar-refractivity contribution in [3.8, 4) is 0 Å². The molecule has 1 aromatic heterocycles. The Morgan fingerprint density at radius 2 is 2.39 bits per heavy atom. The van der Waals surface area contributed by atoms with E-state index < -0.39 is 0 Å². The van der Waals surface area contributed by atoms with Crippen molar-refractivity contribution in [2.45, 2.75) is 25.4 Å².